The molecule has 0 saturated carbocycles. The van der Waals surface area contributed by atoms with E-state index in [1.807, 2.05) is 54.8 Å². The van der Waals surface area contributed by atoms with Gasteiger partial charge in [0.15, 0.2) is 5.78 Å². The van der Waals surface area contributed by atoms with Crippen molar-refractivity contribution >= 4 is 5.78 Å². The highest BCUT2D eigenvalue weighted by Gasteiger charge is 2.25. The van der Waals surface area contributed by atoms with Crippen molar-refractivity contribution in [1.82, 2.24) is 13.7 Å². The van der Waals surface area contributed by atoms with Crippen LogP contribution in [0.15, 0.2) is 46.0 Å². The van der Waals surface area contributed by atoms with E-state index in [0.717, 1.165) is 21.5 Å². The van der Waals surface area contributed by atoms with Gasteiger partial charge < -0.3 is 4.57 Å². The van der Waals surface area contributed by atoms with E-state index in [0.29, 0.717) is 37.2 Å². The molecule has 30 heavy (non-hydrogen) atoms. The van der Waals surface area contributed by atoms with Gasteiger partial charge in [0.1, 0.15) is 11.6 Å². The van der Waals surface area contributed by atoms with E-state index < -0.39 is 11.2 Å². The molecule has 1 aliphatic rings. The van der Waals surface area contributed by atoms with Crippen LogP contribution in [0.1, 0.15) is 45.0 Å². The summed E-state index contributed by atoms with van der Waals surface area (Å²) < 4.78 is 4.40. The average Bonchev–Trinajstić information content (AvgIpc) is 3.33. The quantitative estimate of drug-likeness (QED) is 0.612. The fraction of sp³-hybridized carbons (Fsp3) is 0.304. The minimum atomic E-state index is -0.679. The van der Waals surface area contributed by atoms with Gasteiger partial charge in [0.25, 0.3) is 5.56 Å². The maximum atomic E-state index is 13.1. The first-order valence-electron chi connectivity index (χ1n) is 9.92. The van der Waals surface area contributed by atoms with Gasteiger partial charge in [0.05, 0.1) is 6.54 Å². The normalized spacial score (nSPS) is 12.6. The second kappa shape index (κ2) is 7.64. The number of rotatable bonds is 5. The van der Waals surface area contributed by atoms with Gasteiger partial charge in [0.2, 0.25) is 0 Å². The number of hydrogen-bond donors (Lipinski definition) is 0. The lowest BCUT2D eigenvalue weighted by molar-refractivity contribution is 0.0967. The van der Waals surface area contributed by atoms with Crippen LogP contribution in [-0.4, -0.2) is 19.5 Å². The lowest BCUT2D eigenvalue weighted by Gasteiger charge is -2.11. The smallest absolute Gasteiger partial charge is 0.331 e. The molecule has 0 N–H and O–H groups in total. The highest BCUT2D eigenvalue weighted by molar-refractivity contribution is 5.97. The number of carbonyl (C=O) groups excluding carboxylic acids is 1. The summed E-state index contributed by atoms with van der Waals surface area (Å²) >= 11 is 0. The molecule has 3 heterocycles. The third-order valence-electron chi connectivity index (χ3n) is 5.80. The van der Waals surface area contributed by atoms with Crippen LogP contribution in [0.25, 0.3) is 0 Å². The van der Waals surface area contributed by atoms with Gasteiger partial charge in [-0.15, -0.1) is 0 Å². The number of nitrogens with zero attached hydrogens (tertiary/aromatic N) is 4. The zero-order valence-corrected chi connectivity index (χ0v) is 17.0. The van der Waals surface area contributed by atoms with Crippen molar-refractivity contribution in [2.24, 2.45) is 0 Å². The van der Waals surface area contributed by atoms with Crippen molar-refractivity contribution in [3.05, 3.63) is 91.0 Å². The Balaban J connectivity index is 1.70. The molecule has 0 spiro atoms. The molecule has 3 aromatic rings. The molecule has 0 saturated heterocycles. The summed E-state index contributed by atoms with van der Waals surface area (Å²) in [6.07, 6.45) is 1.24. The molecule has 0 fully saturated rings. The van der Waals surface area contributed by atoms with E-state index >= 15 is 0 Å². The first-order chi connectivity index (χ1) is 14.4. The lowest BCUT2D eigenvalue weighted by Crippen LogP contribution is -2.43. The van der Waals surface area contributed by atoms with E-state index in [4.69, 9.17) is 0 Å². The van der Waals surface area contributed by atoms with Gasteiger partial charge in [-0.05, 0) is 38.3 Å². The monoisotopic (exact) mass is 402 g/mol. The number of carbonyl (C=O) groups is 1. The van der Waals surface area contributed by atoms with Crippen LogP contribution in [0.2, 0.25) is 0 Å². The summed E-state index contributed by atoms with van der Waals surface area (Å²) in [5, 5.41) is 9.41. The van der Waals surface area contributed by atoms with Gasteiger partial charge >= 0.3 is 5.69 Å². The van der Waals surface area contributed by atoms with Crippen LogP contribution < -0.4 is 11.2 Å². The minimum absolute atomic E-state index is 0.0329. The third kappa shape index (κ3) is 3.20. The Morgan fingerprint density at radius 2 is 1.87 bits per heavy atom. The number of aromatic nitrogens is 3. The molecular weight excluding hydrogens is 380 g/mol. The molecule has 0 radical (unpaired) electrons. The number of fused-ring (bicyclic) bond motifs is 1. The Hall–Kier alpha value is -3.66. The largest absolute Gasteiger partial charge is 0.344 e. The topological polar surface area (TPSA) is 89.8 Å². The van der Waals surface area contributed by atoms with E-state index in [2.05, 4.69) is 0 Å². The number of aryl methyl sites for hydroxylation is 1. The summed E-state index contributed by atoms with van der Waals surface area (Å²) in [5.41, 5.74) is 2.57. The van der Waals surface area contributed by atoms with E-state index in [1.165, 1.54) is 4.57 Å². The molecule has 1 aliphatic heterocycles. The number of hydrogen-bond acceptors (Lipinski definition) is 4. The highest BCUT2D eigenvalue weighted by atomic mass is 16.2. The van der Waals surface area contributed by atoms with Gasteiger partial charge in [0, 0.05) is 35.7 Å². The zero-order chi connectivity index (χ0) is 21.4. The summed E-state index contributed by atoms with van der Waals surface area (Å²) in [7, 11) is 0. The molecule has 1 aromatic carbocycles. The molecule has 2 aromatic heterocycles. The third-order valence-corrected chi connectivity index (χ3v) is 5.80. The van der Waals surface area contributed by atoms with Crippen LogP contribution in [0.3, 0.4) is 0 Å². The predicted molar refractivity (Wildman–Crippen MR) is 112 cm³/mol. The van der Waals surface area contributed by atoms with Crippen LogP contribution in [-0.2, 0) is 26.1 Å². The molecule has 0 atom stereocenters. The molecule has 0 amide bonds. The van der Waals surface area contributed by atoms with Gasteiger partial charge in [-0.3, -0.25) is 18.7 Å². The van der Waals surface area contributed by atoms with Crippen molar-refractivity contribution in [1.29, 1.82) is 5.26 Å². The van der Waals surface area contributed by atoms with Gasteiger partial charge in [-0.25, -0.2) is 4.79 Å². The zero-order valence-electron chi connectivity index (χ0n) is 17.0. The summed E-state index contributed by atoms with van der Waals surface area (Å²) in [4.78, 5) is 38.5. The Bertz CT molecular complexity index is 1300. The maximum Gasteiger partial charge on any atom is 0.331 e. The number of nitriles is 1. The van der Waals surface area contributed by atoms with Crippen LogP contribution >= 0.6 is 0 Å². The van der Waals surface area contributed by atoms with Crippen molar-refractivity contribution in [3.8, 4) is 6.07 Å². The SMILES string of the molecule is Cc1cc(C(=O)Cn2c(=O)c(C#N)c3n(c2=O)CCC3)c(C)n1Cc1ccccc1. The minimum Gasteiger partial charge on any atom is -0.344 e. The van der Waals surface area contributed by atoms with Crippen molar-refractivity contribution in [3.63, 3.8) is 0 Å². The molecule has 0 unspecified atom stereocenters. The maximum absolute atomic E-state index is 13.1. The number of Topliss-reactive ketones (excluding diaryl/α,β-unsaturated/α-hetero) is 1. The van der Waals surface area contributed by atoms with Crippen LogP contribution in [0.4, 0.5) is 0 Å². The number of ketones is 1. The Morgan fingerprint density at radius 1 is 1.13 bits per heavy atom. The van der Waals surface area contributed by atoms with E-state index in [9.17, 15) is 19.6 Å². The van der Waals surface area contributed by atoms with E-state index in [1.54, 1.807) is 6.07 Å². The molecule has 0 aliphatic carbocycles. The lowest BCUT2D eigenvalue weighted by atomic mass is 10.1. The standard InChI is InChI=1S/C23H22N4O3/c1-15-11-18(16(2)26(15)13-17-7-4-3-5-8-17)21(28)14-27-22(29)19(12-24)20-9-6-10-25(20)23(27)30/h3-5,7-8,11H,6,9-10,13-14H2,1-2H3. The van der Waals surface area contributed by atoms with E-state index in [-0.39, 0.29) is 17.9 Å². The molecule has 4 rings (SSSR count). The first-order valence-corrected chi connectivity index (χ1v) is 9.92. The van der Waals surface area contributed by atoms with Gasteiger partial charge in [-0.1, -0.05) is 30.3 Å². The molecule has 152 valence electrons. The number of benzene rings is 1. The predicted octanol–water partition coefficient (Wildman–Crippen LogP) is 2.18. The average molecular weight is 402 g/mol. The van der Waals surface area contributed by atoms with Crippen molar-refractivity contribution < 1.29 is 4.79 Å². The van der Waals surface area contributed by atoms with Crippen molar-refractivity contribution in [2.45, 2.75) is 46.3 Å². The molecule has 7 nitrogen and oxygen atoms in total. The highest BCUT2D eigenvalue weighted by Crippen LogP contribution is 2.19. The van der Waals surface area contributed by atoms with Crippen molar-refractivity contribution in [2.75, 3.05) is 0 Å². The Labute approximate surface area is 173 Å². The Morgan fingerprint density at radius 3 is 2.57 bits per heavy atom. The summed E-state index contributed by atoms with van der Waals surface area (Å²) in [6.45, 7) is 4.51. The van der Waals surface area contributed by atoms with Crippen LogP contribution in [0, 0.1) is 25.2 Å². The van der Waals surface area contributed by atoms with Crippen LogP contribution in [0.5, 0.6) is 0 Å². The second-order valence-electron chi connectivity index (χ2n) is 7.64. The summed E-state index contributed by atoms with van der Waals surface area (Å²) in [5.74, 6) is -0.316. The molecular formula is C23H22N4O3. The molecule has 0 bridgehead atoms. The second-order valence-corrected chi connectivity index (χ2v) is 7.64. The molecule has 7 heteroatoms. The first kappa shape index (κ1) is 19.6. The Kier molecular flexibility index (Phi) is 5.00. The summed E-state index contributed by atoms with van der Waals surface area (Å²) in [6, 6.07) is 13.6. The fourth-order valence-corrected chi connectivity index (χ4v) is 4.21. The fourth-order valence-electron chi connectivity index (χ4n) is 4.21. The van der Waals surface area contributed by atoms with Gasteiger partial charge in [-0.2, -0.15) is 5.26 Å².